The lowest BCUT2D eigenvalue weighted by molar-refractivity contribution is -0.139. The summed E-state index contributed by atoms with van der Waals surface area (Å²) in [5.41, 5.74) is 1.05. The van der Waals surface area contributed by atoms with Gasteiger partial charge in [-0.1, -0.05) is 18.2 Å². The molecule has 146 valence electrons. The standard InChI is InChI=1S/C20H30N2O3.ClH/c1-15-12-16(9-10-21-15)20(23)22(14-18-7-5-11-25-18)13-17-6-3-4-8-19(17)24-2;/h3-4,6,8,15-16,18,21H,5,7,9-14H2,1-2H3;1H/t15-,16-,18?;/m0./s1. The third kappa shape index (κ3) is 5.35. The summed E-state index contributed by atoms with van der Waals surface area (Å²) in [5.74, 6) is 1.20. The number of methoxy groups -OCH3 is 1. The van der Waals surface area contributed by atoms with Gasteiger partial charge in [-0.2, -0.15) is 0 Å². The lowest BCUT2D eigenvalue weighted by atomic mass is 9.91. The number of carbonyl (C=O) groups excluding carboxylic acids is 1. The minimum absolute atomic E-state index is 0. The molecule has 5 nitrogen and oxygen atoms in total. The maximum atomic E-state index is 13.2. The number of hydrogen-bond acceptors (Lipinski definition) is 4. The number of piperidine rings is 1. The Morgan fingerprint density at radius 1 is 1.35 bits per heavy atom. The van der Waals surface area contributed by atoms with E-state index in [9.17, 15) is 4.79 Å². The molecule has 2 aliphatic heterocycles. The molecule has 2 heterocycles. The summed E-state index contributed by atoms with van der Waals surface area (Å²) < 4.78 is 11.3. The van der Waals surface area contributed by atoms with Crippen LogP contribution >= 0.6 is 12.4 Å². The van der Waals surface area contributed by atoms with Crippen molar-refractivity contribution in [2.24, 2.45) is 5.92 Å². The minimum atomic E-state index is 0. The third-order valence-corrected chi connectivity index (χ3v) is 5.29. The molecule has 0 aliphatic carbocycles. The number of para-hydroxylation sites is 1. The SMILES string of the molecule is COc1ccccc1CN(CC1CCCO1)C(=O)[C@H]1CCN[C@@H](C)C1.Cl. The Bertz CT molecular complexity index is 578. The second-order valence-electron chi connectivity index (χ2n) is 7.24. The van der Waals surface area contributed by atoms with E-state index in [0.717, 1.165) is 50.1 Å². The predicted molar refractivity (Wildman–Crippen MR) is 105 cm³/mol. The van der Waals surface area contributed by atoms with Gasteiger partial charge in [0.25, 0.3) is 0 Å². The zero-order valence-corrected chi connectivity index (χ0v) is 16.6. The van der Waals surface area contributed by atoms with Crippen molar-refractivity contribution in [3.05, 3.63) is 29.8 Å². The van der Waals surface area contributed by atoms with E-state index in [1.54, 1.807) is 7.11 Å². The zero-order chi connectivity index (χ0) is 17.6. The summed E-state index contributed by atoms with van der Waals surface area (Å²) in [5, 5.41) is 3.43. The van der Waals surface area contributed by atoms with Gasteiger partial charge in [0.05, 0.1) is 13.2 Å². The van der Waals surface area contributed by atoms with Crippen molar-refractivity contribution < 1.29 is 14.3 Å². The monoisotopic (exact) mass is 382 g/mol. The molecule has 0 saturated carbocycles. The number of amides is 1. The van der Waals surface area contributed by atoms with Gasteiger partial charge >= 0.3 is 0 Å². The quantitative estimate of drug-likeness (QED) is 0.821. The van der Waals surface area contributed by atoms with Crippen LogP contribution in [0.2, 0.25) is 0 Å². The summed E-state index contributed by atoms with van der Waals surface area (Å²) >= 11 is 0. The maximum Gasteiger partial charge on any atom is 0.226 e. The molecular formula is C20H31ClN2O3. The van der Waals surface area contributed by atoms with Crippen LogP contribution in [-0.4, -0.2) is 49.8 Å². The second-order valence-corrected chi connectivity index (χ2v) is 7.24. The van der Waals surface area contributed by atoms with Gasteiger partial charge in [0.2, 0.25) is 5.91 Å². The van der Waals surface area contributed by atoms with Crippen LogP contribution in [0.1, 0.15) is 38.2 Å². The summed E-state index contributed by atoms with van der Waals surface area (Å²) in [4.78, 5) is 15.2. The number of ether oxygens (including phenoxy) is 2. The molecule has 0 radical (unpaired) electrons. The first-order chi connectivity index (χ1) is 12.2. The number of nitrogens with one attached hydrogen (secondary N) is 1. The molecular weight excluding hydrogens is 352 g/mol. The maximum absolute atomic E-state index is 13.2. The van der Waals surface area contributed by atoms with Crippen molar-refractivity contribution in [1.82, 2.24) is 10.2 Å². The second kappa shape index (κ2) is 10.1. The molecule has 0 bridgehead atoms. The van der Waals surface area contributed by atoms with Gasteiger partial charge in [-0.15, -0.1) is 12.4 Å². The molecule has 1 N–H and O–H groups in total. The Labute approximate surface area is 162 Å². The molecule has 0 aromatic heterocycles. The molecule has 1 amide bonds. The van der Waals surface area contributed by atoms with Gasteiger partial charge in [-0.05, 0) is 45.2 Å². The summed E-state index contributed by atoms with van der Waals surface area (Å²) in [6.45, 7) is 5.14. The van der Waals surface area contributed by atoms with Crippen LogP contribution in [0.4, 0.5) is 0 Å². The Balaban J connectivity index is 0.00000243. The molecule has 1 aromatic rings. The van der Waals surface area contributed by atoms with E-state index in [4.69, 9.17) is 9.47 Å². The Morgan fingerprint density at radius 2 is 2.15 bits per heavy atom. The van der Waals surface area contributed by atoms with Crippen LogP contribution in [-0.2, 0) is 16.1 Å². The number of nitrogens with zero attached hydrogens (tertiary/aromatic N) is 1. The molecule has 1 aromatic carbocycles. The molecule has 1 unspecified atom stereocenters. The van der Waals surface area contributed by atoms with E-state index >= 15 is 0 Å². The van der Waals surface area contributed by atoms with Crippen molar-refractivity contribution in [2.45, 2.75) is 51.3 Å². The van der Waals surface area contributed by atoms with E-state index in [0.29, 0.717) is 19.1 Å². The molecule has 3 atom stereocenters. The normalized spacial score (nSPS) is 25.4. The topological polar surface area (TPSA) is 50.8 Å². The fraction of sp³-hybridized carbons (Fsp3) is 0.650. The molecule has 2 aliphatic rings. The van der Waals surface area contributed by atoms with Gasteiger partial charge in [-0.3, -0.25) is 4.79 Å². The predicted octanol–water partition coefficient (Wildman–Crippen LogP) is 3.01. The van der Waals surface area contributed by atoms with Gasteiger partial charge in [0.15, 0.2) is 0 Å². The van der Waals surface area contributed by atoms with Crippen molar-refractivity contribution in [3.8, 4) is 5.75 Å². The lowest BCUT2D eigenvalue weighted by Crippen LogP contribution is -2.46. The smallest absolute Gasteiger partial charge is 0.226 e. The van der Waals surface area contributed by atoms with Gasteiger partial charge in [-0.25, -0.2) is 0 Å². The van der Waals surface area contributed by atoms with Crippen LogP contribution in [0.25, 0.3) is 0 Å². The van der Waals surface area contributed by atoms with E-state index in [-0.39, 0.29) is 30.3 Å². The molecule has 0 spiro atoms. The first-order valence-corrected chi connectivity index (χ1v) is 9.43. The first-order valence-electron chi connectivity index (χ1n) is 9.43. The average Bonchev–Trinajstić information content (AvgIpc) is 3.14. The molecule has 2 fully saturated rings. The number of hydrogen-bond donors (Lipinski definition) is 1. The molecule has 2 saturated heterocycles. The van der Waals surface area contributed by atoms with Crippen LogP contribution < -0.4 is 10.1 Å². The Kier molecular flexibility index (Phi) is 8.19. The van der Waals surface area contributed by atoms with Crippen LogP contribution in [0.3, 0.4) is 0 Å². The molecule has 26 heavy (non-hydrogen) atoms. The Hall–Kier alpha value is -1.30. The highest BCUT2D eigenvalue weighted by molar-refractivity contribution is 5.85. The highest BCUT2D eigenvalue weighted by atomic mass is 35.5. The highest BCUT2D eigenvalue weighted by Gasteiger charge is 2.31. The van der Waals surface area contributed by atoms with Crippen molar-refractivity contribution in [3.63, 3.8) is 0 Å². The van der Waals surface area contributed by atoms with Crippen LogP contribution in [0.15, 0.2) is 24.3 Å². The molecule has 6 heteroatoms. The first kappa shape index (κ1) is 21.0. The van der Waals surface area contributed by atoms with E-state index in [1.165, 1.54) is 0 Å². The Morgan fingerprint density at radius 3 is 2.85 bits per heavy atom. The van der Waals surface area contributed by atoms with Crippen LogP contribution in [0, 0.1) is 5.92 Å². The number of benzene rings is 1. The van der Waals surface area contributed by atoms with Gasteiger partial charge < -0.3 is 19.7 Å². The van der Waals surface area contributed by atoms with Crippen molar-refractivity contribution in [1.29, 1.82) is 0 Å². The number of halogens is 1. The van der Waals surface area contributed by atoms with E-state index in [2.05, 4.69) is 12.2 Å². The zero-order valence-electron chi connectivity index (χ0n) is 15.8. The largest absolute Gasteiger partial charge is 0.496 e. The lowest BCUT2D eigenvalue weighted by Gasteiger charge is -2.33. The van der Waals surface area contributed by atoms with Crippen molar-refractivity contribution >= 4 is 18.3 Å². The fourth-order valence-electron chi connectivity index (χ4n) is 3.92. The summed E-state index contributed by atoms with van der Waals surface area (Å²) in [6.07, 6.45) is 4.12. The van der Waals surface area contributed by atoms with E-state index in [1.807, 2.05) is 29.2 Å². The van der Waals surface area contributed by atoms with E-state index < -0.39 is 0 Å². The molecule has 3 rings (SSSR count). The van der Waals surface area contributed by atoms with Gasteiger partial charge in [0, 0.05) is 37.2 Å². The number of carbonyl (C=O) groups is 1. The third-order valence-electron chi connectivity index (χ3n) is 5.29. The highest BCUT2D eigenvalue weighted by Crippen LogP contribution is 2.25. The average molecular weight is 383 g/mol. The summed E-state index contributed by atoms with van der Waals surface area (Å²) in [7, 11) is 1.68. The number of rotatable bonds is 6. The van der Waals surface area contributed by atoms with Crippen LogP contribution in [0.5, 0.6) is 5.75 Å². The minimum Gasteiger partial charge on any atom is -0.496 e. The summed E-state index contributed by atoms with van der Waals surface area (Å²) in [6, 6.07) is 8.36. The van der Waals surface area contributed by atoms with Crippen molar-refractivity contribution in [2.75, 3.05) is 26.8 Å². The van der Waals surface area contributed by atoms with Gasteiger partial charge in [0.1, 0.15) is 5.75 Å². The fourth-order valence-corrected chi connectivity index (χ4v) is 3.92.